The fourth-order valence-electron chi connectivity index (χ4n) is 3.95. The van der Waals surface area contributed by atoms with Crippen LogP contribution in [-0.4, -0.2) is 52.0 Å². The van der Waals surface area contributed by atoms with Crippen LogP contribution in [0.25, 0.3) is 0 Å². The van der Waals surface area contributed by atoms with Gasteiger partial charge >= 0.3 is 0 Å². The zero-order valence-corrected chi connectivity index (χ0v) is 21.6. The van der Waals surface area contributed by atoms with Gasteiger partial charge in [0.1, 0.15) is 6.04 Å². The molecule has 1 saturated heterocycles. The molecular formula is C23H22N4O7S3. The van der Waals surface area contributed by atoms with Gasteiger partial charge in [-0.25, -0.2) is 32.0 Å². The minimum Gasteiger partial charge on any atom is -0.325 e. The van der Waals surface area contributed by atoms with Crippen LogP contribution in [-0.2, 0) is 36.1 Å². The van der Waals surface area contributed by atoms with E-state index < -0.39 is 43.8 Å². The Bertz CT molecular complexity index is 1550. The first kappa shape index (κ1) is 26.6. The molecule has 0 radical (unpaired) electrons. The zero-order valence-electron chi connectivity index (χ0n) is 19.2. The summed E-state index contributed by atoms with van der Waals surface area (Å²) < 4.78 is 46.1. The smallest absolute Gasteiger partial charge is 0.264 e. The Morgan fingerprint density at radius 1 is 0.919 bits per heavy atom. The quantitative estimate of drug-likeness (QED) is 0.385. The summed E-state index contributed by atoms with van der Waals surface area (Å²) in [5.74, 6) is -1.59. The van der Waals surface area contributed by atoms with Crippen LogP contribution in [0.2, 0.25) is 0 Å². The number of hydrogen-bond donors (Lipinski definition) is 2. The van der Waals surface area contributed by atoms with E-state index in [0.29, 0.717) is 10.4 Å². The Kier molecular flexibility index (Phi) is 7.30. The molecule has 1 atom stereocenters. The molecule has 37 heavy (non-hydrogen) atoms. The zero-order chi connectivity index (χ0) is 27.0. The van der Waals surface area contributed by atoms with Gasteiger partial charge in [-0.1, -0.05) is 18.2 Å². The summed E-state index contributed by atoms with van der Waals surface area (Å²) in [5.41, 5.74) is 0.857. The number of thiophene rings is 1. The Balaban J connectivity index is 1.59. The number of nitrogens with zero attached hydrogens (tertiary/aromatic N) is 2. The second kappa shape index (κ2) is 10.1. The van der Waals surface area contributed by atoms with E-state index in [1.54, 1.807) is 29.6 Å². The van der Waals surface area contributed by atoms with Crippen LogP contribution < -0.4 is 15.2 Å². The van der Waals surface area contributed by atoms with E-state index in [0.717, 1.165) is 4.90 Å². The van der Waals surface area contributed by atoms with Crippen molar-refractivity contribution in [1.29, 1.82) is 0 Å². The van der Waals surface area contributed by atoms with Gasteiger partial charge in [-0.2, -0.15) is 0 Å². The van der Waals surface area contributed by atoms with Crippen molar-refractivity contribution in [2.45, 2.75) is 28.7 Å². The summed E-state index contributed by atoms with van der Waals surface area (Å²) in [7, 11) is -7.81. The maximum absolute atomic E-state index is 13.4. The average molecular weight is 563 g/mol. The third-order valence-electron chi connectivity index (χ3n) is 5.81. The number of primary sulfonamides is 2. The highest BCUT2D eigenvalue weighted by molar-refractivity contribution is 7.89. The molecule has 1 aliphatic rings. The molecule has 4 N–H and O–H groups in total. The molecule has 3 amide bonds. The molecule has 14 heteroatoms. The Morgan fingerprint density at radius 2 is 1.49 bits per heavy atom. The van der Waals surface area contributed by atoms with Crippen LogP contribution in [0.4, 0.5) is 5.69 Å². The van der Waals surface area contributed by atoms with Gasteiger partial charge in [0, 0.05) is 6.54 Å². The number of benzene rings is 2. The van der Waals surface area contributed by atoms with E-state index in [4.69, 9.17) is 10.3 Å². The van der Waals surface area contributed by atoms with Gasteiger partial charge in [0.25, 0.3) is 11.8 Å². The molecule has 0 aliphatic carbocycles. The number of sulfonamides is 2. The summed E-state index contributed by atoms with van der Waals surface area (Å²) in [6.45, 7) is 0.0767. The molecule has 1 fully saturated rings. The van der Waals surface area contributed by atoms with E-state index in [9.17, 15) is 31.2 Å². The first-order valence-corrected chi connectivity index (χ1v) is 14.8. The molecule has 0 saturated carbocycles. The van der Waals surface area contributed by atoms with Crippen LogP contribution in [0.1, 0.15) is 21.7 Å². The predicted molar refractivity (Wildman–Crippen MR) is 136 cm³/mol. The number of hydrogen-bond acceptors (Lipinski definition) is 8. The van der Waals surface area contributed by atoms with Gasteiger partial charge in [0.15, 0.2) is 0 Å². The Morgan fingerprint density at radius 3 is 2.00 bits per heavy atom. The van der Waals surface area contributed by atoms with Gasteiger partial charge in [0.2, 0.25) is 26.0 Å². The van der Waals surface area contributed by atoms with Crippen LogP contribution >= 0.6 is 11.3 Å². The fourth-order valence-corrected chi connectivity index (χ4v) is 5.66. The van der Waals surface area contributed by atoms with Crippen molar-refractivity contribution in [3.63, 3.8) is 0 Å². The van der Waals surface area contributed by atoms with Gasteiger partial charge in [-0.15, -0.1) is 11.3 Å². The third kappa shape index (κ3) is 5.78. The summed E-state index contributed by atoms with van der Waals surface area (Å²) in [4.78, 5) is 42.0. The minimum absolute atomic E-state index is 0.0524. The first-order valence-electron chi connectivity index (χ1n) is 10.8. The lowest BCUT2D eigenvalue weighted by Gasteiger charge is -2.27. The van der Waals surface area contributed by atoms with E-state index in [2.05, 4.69) is 0 Å². The first-order chi connectivity index (χ1) is 17.4. The third-order valence-corrected chi connectivity index (χ3v) is 8.52. The number of nitrogens with two attached hydrogens (primary N) is 2. The summed E-state index contributed by atoms with van der Waals surface area (Å²) >= 11 is 1.20. The molecule has 1 aliphatic heterocycles. The Labute approximate surface area is 217 Å². The topological polar surface area (TPSA) is 178 Å². The molecule has 0 bridgehead atoms. The van der Waals surface area contributed by atoms with Crippen LogP contribution in [0.15, 0.2) is 75.8 Å². The van der Waals surface area contributed by atoms with Crippen LogP contribution in [0.5, 0.6) is 0 Å². The summed E-state index contributed by atoms with van der Waals surface area (Å²) in [6, 6.07) is 13.1. The SMILES string of the molecule is NS(=O)(=O)c1ccc(CCN(C(=O)c2cccs2)C2CC(=O)N(c3ccc(S(N)(=O)=O)cc3)C2=O)cc1. The van der Waals surface area contributed by atoms with E-state index in [-0.39, 0.29) is 34.9 Å². The second-order valence-corrected chi connectivity index (χ2v) is 12.3. The number of amides is 3. The molecule has 1 aromatic heterocycles. The van der Waals surface area contributed by atoms with Gasteiger partial charge < -0.3 is 4.90 Å². The maximum Gasteiger partial charge on any atom is 0.264 e. The number of carbonyl (C=O) groups excluding carboxylic acids is 3. The van der Waals surface area contributed by atoms with Crippen molar-refractivity contribution >= 4 is 54.8 Å². The molecule has 1 unspecified atom stereocenters. The van der Waals surface area contributed by atoms with Crippen molar-refractivity contribution in [2.75, 3.05) is 11.4 Å². The fraction of sp³-hybridized carbons (Fsp3) is 0.174. The van der Waals surface area contributed by atoms with Crippen LogP contribution in [0, 0.1) is 0 Å². The lowest BCUT2D eigenvalue weighted by atomic mass is 10.1. The number of carbonyl (C=O) groups is 3. The van der Waals surface area contributed by atoms with Crippen molar-refractivity contribution in [3.05, 3.63) is 76.5 Å². The monoisotopic (exact) mass is 562 g/mol. The highest BCUT2D eigenvalue weighted by atomic mass is 32.2. The molecule has 2 heterocycles. The molecule has 3 aromatic rings. The molecule has 11 nitrogen and oxygen atoms in total. The van der Waals surface area contributed by atoms with Gasteiger partial charge in [-0.3, -0.25) is 14.4 Å². The summed E-state index contributed by atoms with van der Waals surface area (Å²) in [5, 5.41) is 12.0. The highest BCUT2D eigenvalue weighted by Crippen LogP contribution is 2.28. The normalized spacial score (nSPS) is 16.3. The Hall–Kier alpha value is -3.43. The van der Waals surface area contributed by atoms with Crippen molar-refractivity contribution in [3.8, 4) is 0 Å². The van der Waals surface area contributed by atoms with E-state index >= 15 is 0 Å². The molecule has 2 aromatic carbocycles. The van der Waals surface area contributed by atoms with Gasteiger partial charge in [-0.05, 0) is 59.8 Å². The molecule has 0 spiro atoms. The predicted octanol–water partition coefficient (Wildman–Crippen LogP) is 1.06. The van der Waals surface area contributed by atoms with Crippen molar-refractivity contribution in [2.24, 2.45) is 10.3 Å². The minimum atomic E-state index is -3.96. The maximum atomic E-state index is 13.4. The highest BCUT2D eigenvalue weighted by Gasteiger charge is 2.44. The average Bonchev–Trinajstić information content (AvgIpc) is 3.47. The largest absolute Gasteiger partial charge is 0.325 e. The lowest BCUT2D eigenvalue weighted by molar-refractivity contribution is -0.122. The van der Waals surface area contributed by atoms with Crippen LogP contribution in [0.3, 0.4) is 0 Å². The molecular weight excluding hydrogens is 540 g/mol. The molecule has 194 valence electrons. The van der Waals surface area contributed by atoms with Gasteiger partial charge in [0.05, 0.1) is 26.8 Å². The van der Waals surface area contributed by atoms with Crippen molar-refractivity contribution < 1.29 is 31.2 Å². The lowest BCUT2D eigenvalue weighted by Crippen LogP contribution is -2.46. The standard InChI is InChI=1S/C23H22N4O7S3/c24-36(31,32)17-7-3-15(4-8-17)11-12-26(23(30)20-2-1-13-35-20)19-14-21(28)27(22(19)29)16-5-9-18(10-6-16)37(25,33)34/h1-10,13,19H,11-12,14H2,(H2,24,31,32)(H2,25,33,34). The number of anilines is 1. The second-order valence-electron chi connectivity index (χ2n) is 8.24. The van der Waals surface area contributed by atoms with Crippen molar-refractivity contribution in [1.82, 2.24) is 4.90 Å². The molecule has 4 rings (SSSR count). The van der Waals surface area contributed by atoms with E-state index in [1.807, 2.05) is 0 Å². The van der Waals surface area contributed by atoms with E-state index in [1.165, 1.54) is 52.6 Å². The number of imide groups is 1. The summed E-state index contributed by atoms with van der Waals surface area (Å²) in [6.07, 6.45) is 0.0281. The number of rotatable bonds is 8.